The van der Waals surface area contributed by atoms with Gasteiger partial charge in [0.15, 0.2) is 0 Å². The minimum atomic E-state index is 0. The molecule has 0 saturated heterocycles. The largest absolute Gasteiger partial charge is 0.328 e. The van der Waals surface area contributed by atoms with Crippen LogP contribution in [0.1, 0.15) is 19.3 Å². The smallest absolute Gasteiger partial charge is 0.227 e. The molecular formula is C13H19ClN2OS. The molecule has 1 fully saturated rings. The van der Waals surface area contributed by atoms with Gasteiger partial charge in [0.05, 0.1) is 0 Å². The van der Waals surface area contributed by atoms with E-state index in [-0.39, 0.29) is 30.3 Å². The van der Waals surface area contributed by atoms with Crippen LogP contribution in [0.5, 0.6) is 0 Å². The number of hydrogen-bond acceptors (Lipinski definition) is 3. The average molecular weight is 287 g/mol. The molecule has 1 aliphatic carbocycles. The van der Waals surface area contributed by atoms with E-state index in [1.54, 1.807) is 11.8 Å². The van der Waals surface area contributed by atoms with Crippen molar-refractivity contribution < 1.29 is 4.79 Å². The van der Waals surface area contributed by atoms with E-state index in [1.807, 2.05) is 30.5 Å². The van der Waals surface area contributed by atoms with E-state index in [0.29, 0.717) is 0 Å². The SMILES string of the molecule is CSc1cccc(NC(=O)C2CCC(N)C2)c1.Cl. The predicted molar refractivity (Wildman–Crippen MR) is 79.4 cm³/mol. The number of thioether (sulfide) groups is 1. The van der Waals surface area contributed by atoms with E-state index in [0.717, 1.165) is 29.8 Å². The highest BCUT2D eigenvalue weighted by Crippen LogP contribution is 2.26. The molecule has 5 heteroatoms. The van der Waals surface area contributed by atoms with E-state index in [2.05, 4.69) is 5.32 Å². The zero-order chi connectivity index (χ0) is 12.3. The Balaban J connectivity index is 0.00000162. The first kappa shape index (κ1) is 15.3. The van der Waals surface area contributed by atoms with Gasteiger partial charge in [0.25, 0.3) is 0 Å². The molecule has 0 heterocycles. The predicted octanol–water partition coefficient (Wildman–Crippen LogP) is 2.90. The fraction of sp³-hybridized carbons (Fsp3) is 0.462. The van der Waals surface area contributed by atoms with Crippen molar-refractivity contribution >= 4 is 35.8 Å². The van der Waals surface area contributed by atoms with Gasteiger partial charge in [0, 0.05) is 22.5 Å². The Kier molecular flexibility index (Phi) is 5.99. The summed E-state index contributed by atoms with van der Waals surface area (Å²) in [7, 11) is 0. The summed E-state index contributed by atoms with van der Waals surface area (Å²) in [5.41, 5.74) is 6.70. The highest BCUT2D eigenvalue weighted by molar-refractivity contribution is 7.98. The number of nitrogens with two attached hydrogens (primary N) is 1. The maximum absolute atomic E-state index is 12.0. The molecule has 1 aliphatic rings. The summed E-state index contributed by atoms with van der Waals surface area (Å²) in [6.45, 7) is 0. The van der Waals surface area contributed by atoms with E-state index < -0.39 is 0 Å². The Morgan fingerprint density at radius 2 is 2.22 bits per heavy atom. The normalized spacial score (nSPS) is 22.3. The van der Waals surface area contributed by atoms with Gasteiger partial charge in [0.2, 0.25) is 5.91 Å². The third kappa shape index (κ3) is 3.90. The van der Waals surface area contributed by atoms with Crippen LogP contribution in [-0.4, -0.2) is 18.2 Å². The number of rotatable bonds is 3. The summed E-state index contributed by atoms with van der Waals surface area (Å²) >= 11 is 1.67. The molecule has 0 aromatic heterocycles. The third-order valence-corrected chi connectivity index (χ3v) is 3.91. The van der Waals surface area contributed by atoms with E-state index in [1.165, 1.54) is 0 Å². The first-order valence-corrected chi connectivity index (χ1v) is 7.12. The summed E-state index contributed by atoms with van der Waals surface area (Å²) in [5.74, 6) is 0.194. The molecule has 1 aromatic carbocycles. The van der Waals surface area contributed by atoms with Gasteiger partial charge in [-0.25, -0.2) is 0 Å². The second kappa shape index (κ2) is 7.02. The second-order valence-corrected chi connectivity index (χ2v) is 5.37. The number of carbonyl (C=O) groups excluding carboxylic acids is 1. The van der Waals surface area contributed by atoms with Gasteiger partial charge in [-0.15, -0.1) is 24.2 Å². The lowest BCUT2D eigenvalue weighted by Gasteiger charge is -2.11. The van der Waals surface area contributed by atoms with Crippen LogP contribution >= 0.6 is 24.2 Å². The van der Waals surface area contributed by atoms with E-state index in [4.69, 9.17) is 5.73 Å². The molecule has 100 valence electrons. The Morgan fingerprint density at radius 3 is 2.83 bits per heavy atom. The van der Waals surface area contributed by atoms with Crippen LogP contribution in [0.4, 0.5) is 5.69 Å². The summed E-state index contributed by atoms with van der Waals surface area (Å²) < 4.78 is 0. The Bertz CT molecular complexity index is 414. The van der Waals surface area contributed by atoms with Crippen LogP contribution in [0.3, 0.4) is 0 Å². The topological polar surface area (TPSA) is 55.1 Å². The van der Waals surface area contributed by atoms with Gasteiger partial charge >= 0.3 is 0 Å². The lowest BCUT2D eigenvalue weighted by molar-refractivity contribution is -0.119. The van der Waals surface area contributed by atoms with Gasteiger partial charge in [-0.3, -0.25) is 4.79 Å². The Labute approximate surface area is 118 Å². The standard InChI is InChI=1S/C13H18N2OS.ClH/c1-17-12-4-2-3-11(8-12)15-13(16)9-5-6-10(14)7-9;/h2-4,8-10H,5-7,14H2,1H3,(H,15,16);1H. The highest BCUT2D eigenvalue weighted by atomic mass is 35.5. The molecule has 1 amide bonds. The summed E-state index contributed by atoms with van der Waals surface area (Å²) in [6.07, 6.45) is 4.71. The number of hydrogen-bond donors (Lipinski definition) is 2. The van der Waals surface area contributed by atoms with E-state index >= 15 is 0 Å². The van der Waals surface area contributed by atoms with Gasteiger partial charge in [-0.05, 0) is 43.7 Å². The van der Waals surface area contributed by atoms with Crippen LogP contribution in [0.25, 0.3) is 0 Å². The fourth-order valence-electron chi connectivity index (χ4n) is 2.20. The van der Waals surface area contributed by atoms with Crippen molar-refractivity contribution in [2.75, 3.05) is 11.6 Å². The molecule has 1 aromatic rings. The minimum Gasteiger partial charge on any atom is -0.328 e. The zero-order valence-corrected chi connectivity index (χ0v) is 12.0. The molecule has 18 heavy (non-hydrogen) atoms. The van der Waals surface area contributed by atoms with Gasteiger partial charge in [-0.2, -0.15) is 0 Å². The fourth-order valence-corrected chi connectivity index (χ4v) is 2.66. The van der Waals surface area contributed by atoms with Crippen molar-refractivity contribution in [3.8, 4) is 0 Å². The molecule has 2 rings (SSSR count). The molecule has 0 spiro atoms. The Hall–Kier alpha value is -0.710. The number of anilines is 1. The summed E-state index contributed by atoms with van der Waals surface area (Å²) in [6, 6.07) is 8.11. The zero-order valence-electron chi connectivity index (χ0n) is 10.4. The third-order valence-electron chi connectivity index (χ3n) is 3.18. The molecule has 0 aliphatic heterocycles. The van der Waals surface area contributed by atoms with Crippen molar-refractivity contribution in [3.05, 3.63) is 24.3 Å². The van der Waals surface area contributed by atoms with Crippen molar-refractivity contribution in [1.29, 1.82) is 0 Å². The van der Waals surface area contributed by atoms with E-state index in [9.17, 15) is 4.79 Å². The summed E-state index contributed by atoms with van der Waals surface area (Å²) in [5, 5.41) is 2.97. The molecule has 3 N–H and O–H groups in total. The maximum atomic E-state index is 12.0. The molecule has 3 nitrogen and oxygen atoms in total. The van der Waals surface area contributed by atoms with Crippen molar-refractivity contribution in [2.24, 2.45) is 11.7 Å². The van der Waals surface area contributed by atoms with Gasteiger partial charge in [0.1, 0.15) is 0 Å². The van der Waals surface area contributed by atoms with Crippen molar-refractivity contribution in [1.82, 2.24) is 0 Å². The lowest BCUT2D eigenvalue weighted by Crippen LogP contribution is -2.23. The molecule has 0 radical (unpaired) electrons. The van der Waals surface area contributed by atoms with Crippen LogP contribution in [0, 0.1) is 5.92 Å². The van der Waals surface area contributed by atoms with Crippen molar-refractivity contribution in [2.45, 2.75) is 30.2 Å². The molecule has 2 unspecified atom stereocenters. The number of halogens is 1. The number of nitrogens with one attached hydrogen (secondary N) is 1. The number of benzene rings is 1. The molecule has 0 bridgehead atoms. The van der Waals surface area contributed by atoms with Crippen LogP contribution < -0.4 is 11.1 Å². The van der Waals surface area contributed by atoms with Crippen LogP contribution in [-0.2, 0) is 4.79 Å². The Morgan fingerprint density at radius 1 is 1.44 bits per heavy atom. The van der Waals surface area contributed by atoms with Crippen LogP contribution in [0.15, 0.2) is 29.2 Å². The quantitative estimate of drug-likeness (QED) is 0.840. The minimum absolute atomic E-state index is 0. The first-order valence-electron chi connectivity index (χ1n) is 5.89. The molecule has 2 atom stereocenters. The first-order chi connectivity index (χ1) is 8.19. The average Bonchev–Trinajstić information content (AvgIpc) is 2.76. The summed E-state index contributed by atoms with van der Waals surface area (Å²) in [4.78, 5) is 13.1. The van der Waals surface area contributed by atoms with Crippen molar-refractivity contribution in [3.63, 3.8) is 0 Å². The lowest BCUT2D eigenvalue weighted by atomic mass is 10.1. The number of carbonyl (C=O) groups is 1. The van der Waals surface area contributed by atoms with Gasteiger partial charge < -0.3 is 11.1 Å². The van der Waals surface area contributed by atoms with Gasteiger partial charge in [-0.1, -0.05) is 6.07 Å². The maximum Gasteiger partial charge on any atom is 0.227 e. The van der Waals surface area contributed by atoms with Crippen LogP contribution in [0.2, 0.25) is 0 Å². The monoisotopic (exact) mass is 286 g/mol. The highest BCUT2D eigenvalue weighted by Gasteiger charge is 2.27. The molecule has 1 saturated carbocycles. The number of amides is 1. The second-order valence-electron chi connectivity index (χ2n) is 4.49. The molecular weight excluding hydrogens is 268 g/mol.